The van der Waals surface area contributed by atoms with Gasteiger partial charge in [0.1, 0.15) is 17.5 Å². The maximum atomic E-state index is 13.2. The maximum absolute atomic E-state index is 13.2. The summed E-state index contributed by atoms with van der Waals surface area (Å²) in [5.41, 5.74) is 2.31. The normalized spacial score (nSPS) is 11.8. The Hall–Kier alpha value is -3.65. The minimum absolute atomic E-state index is 0.308. The molecule has 0 saturated heterocycles. The van der Waals surface area contributed by atoms with Crippen LogP contribution in [0.1, 0.15) is 20.9 Å². The number of carbonyl (C=O) groups is 2. The molecule has 0 bridgehead atoms. The fourth-order valence-electron chi connectivity index (χ4n) is 3.57. The van der Waals surface area contributed by atoms with E-state index in [1.54, 1.807) is 19.4 Å². The number of hydrogen-bond acceptors (Lipinski definition) is 5. The Morgan fingerprint density at radius 3 is 2.62 bits per heavy atom. The topological polar surface area (TPSA) is 85.2 Å². The molecule has 164 valence electrons. The molecule has 2 amide bonds. The first-order valence-electron chi connectivity index (χ1n) is 10.2. The van der Waals surface area contributed by atoms with E-state index in [1.165, 1.54) is 11.3 Å². The Labute approximate surface area is 190 Å². The van der Waals surface area contributed by atoms with Gasteiger partial charge in [-0.15, -0.1) is 11.3 Å². The van der Waals surface area contributed by atoms with Crippen molar-refractivity contribution in [2.75, 3.05) is 12.4 Å². The third-order valence-corrected chi connectivity index (χ3v) is 6.07. The van der Waals surface area contributed by atoms with Crippen molar-refractivity contribution < 1.29 is 14.3 Å². The number of aromatic nitrogens is 2. The number of nitrogens with one attached hydrogen (secondary N) is 2. The van der Waals surface area contributed by atoms with Crippen LogP contribution in [0.2, 0.25) is 0 Å². The molecule has 4 rings (SSSR count). The second-order valence-corrected chi connectivity index (χ2v) is 8.73. The number of fused-ring (bicyclic) bond motifs is 1. The number of ether oxygens (including phenoxy) is 1. The van der Waals surface area contributed by atoms with Gasteiger partial charge >= 0.3 is 0 Å². The van der Waals surface area contributed by atoms with Crippen LogP contribution in [0, 0.1) is 6.92 Å². The van der Waals surface area contributed by atoms with E-state index in [4.69, 9.17) is 4.74 Å². The van der Waals surface area contributed by atoms with Gasteiger partial charge in [-0.2, -0.15) is 0 Å². The molecular weight excluding hydrogens is 424 g/mol. The van der Waals surface area contributed by atoms with Gasteiger partial charge < -0.3 is 19.9 Å². The summed E-state index contributed by atoms with van der Waals surface area (Å²) in [6.45, 7) is 1.92. The van der Waals surface area contributed by atoms with Crippen molar-refractivity contribution in [2.24, 2.45) is 7.05 Å². The van der Waals surface area contributed by atoms with Gasteiger partial charge in [-0.1, -0.05) is 30.3 Å². The van der Waals surface area contributed by atoms with E-state index >= 15 is 0 Å². The third-order valence-electron chi connectivity index (χ3n) is 5.24. The molecule has 2 aromatic heterocycles. The Balaban J connectivity index is 1.59. The fourth-order valence-corrected chi connectivity index (χ4v) is 4.24. The lowest BCUT2D eigenvalue weighted by molar-refractivity contribution is -0.118. The zero-order valence-electron chi connectivity index (χ0n) is 18.1. The zero-order valence-corrected chi connectivity index (χ0v) is 18.9. The van der Waals surface area contributed by atoms with E-state index in [0.29, 0.717) is 17.2 Å². The highest BCUT2D eigenvalue weighted by molar-refractivity contribution is 7.15. The maximum Gasteiger partial charge on any atom is 0.268 e. The van der Waals surface area contributed by atoms with Crippen LogP contribution in [-0.2, 0) is 18.3 Å². The van der Waals surface area contributed by atoms with Gasteiger partial charge in [0.15, 0.2) is 5.13 Å². The second kappa shape index (κ2) is 9.23. The predicted octanol–water partition coefficient (Wildman–Crippen LogP) is 3.93. The molecule has 1 atom stereocenters. The van der Waals surface area contributed by atoms with E-state index in [1.807, 2.05) is 67.1 Å². The number of hydrogen-bond donors (Lipinski definition) is 2. The van der Waals surface area contributed by atoms with E-state index < -0.39 is 6.04 Å². The lowest BCUT2D eigenvalue weighted by atomic mass is 10.1. The van der Waals surface area contributed by atoms with E-state index in [9.17, 15) is 9.59 Å². The number of thiazole rings is 1. The van der Waals surface area contributed by atoms with Crippen LogP contribution >= 0.6 is 11.3 Å². The molecule has 2 aromatic carbocycles. The Kier molecular flexibility index (Phi) is 6.23. The van der Waals surface area contributed by atoms with Crippen molar-refractivity contribution in [3.05, 3.63) is 76.9 Å². The van der Waals surface area contributed by atoms with Crippen LogP contribution in [0.3, 0.4) is 0 Å². The molecule has 32 heavy (non-hydrogen) atoms. The van der Waals surface area contributed by atoms with Crippen LogP contribution in [0.25, 0.3) is 10.9 Å². The van der Waals surface area contributed by atoms with E-state index in [2.05, 4.69) is 15.6 Å². The van der Waals surface area contributed by atoms with Crippen molar-refractivity contribution in [3.8, 4) is 5.75 Å². The first-order valence-corrected chi connectivity index (χ1v) is 11.0. The summed E-state index contributed by atoms with van der Waals surface area (Å²) in [6.07, 6.45) is 2.06. The summed E-state index contributed by atoms with van der Waals surface area (Å²) < 4.78 is 7.10. The average molecular weight is 449 g/mol. The van der Waals surface area contributed by atoms with Crippen molar-refractivity contribution in [2.45, 2.75) is 19.4 Å². The Morgan fingerprint density at radius 1 is 1.16 bits per heavy atom. The number of rotatable bonds is 7. The van der Waals surface area contributed by atoms with Gasteiger partial charge in [0, 0.05) is 35.4 Å². The summed E-state index contributed by atoms with van der Waals surface area (Å²) in [7, 11) is 3.43. The van der Waals surface area contributed by atoms with Crippen LogP contribution < -0.4 is 15.4 Å². The van der Waals surface area contributed by atoms with Gasteiger partial charge in [-0.05, 0) is 36.8 Å². The molecular formula is C24H24N4O3S. The minimum Gasteiger partial charge on any atom is -0.497 e. The molecule has 0 aliphatic rings. The number of amides is 2. The number of methoxy groups -OCH3 is 1. The molecule has 0 radical (unpaired) electrons. The van der Waals surface area contributed by atoms with Gasteiger partial charge in [-0.25, -0.2) is 4.98 Å². The summed E-state index contributed by atoms with van der Waals surface area (Å²) in [6, 6.07) is 16.3. The average Bonchev–Trinajstić information content (AvgIpc) is 3.36. The molecule has 1 unspecified atom stereocenters. The number of carbonyl (C=O) groups excluding carboxylic acids is 2. The first-order chi connectivity index (χ1) is 15.4. The summed E-state index contributed by atoms with van der Waals surface area (Å²) >= 11 is 1.39. The number of aryl methyl sites for hydroxylation is 2. The molecule has 0 aliphatic carbocycles. The molecule has 8 heteroatoms. The van der Waals surface area contributed by atoms with Gasteiger partial charge in [0.05, 0.1) is 7.11 Å². The standard InChI is InChI=1S/C24H24N4O3S/c1-15-14-25-24(32-15)27-22(29)19(11-16-7-5-4-6-8-16)26-23(30)21-13-17-12-18(31-3)9-10-20(17)28(21)2/h4-10,12-14,19H,11H2,1-3H3,(H,26,30)(H,25,27,29). The summed E-state index contributed by atoms with van der Waals surface area (Å²) in [5, 5.41) is 7.14. The predicted molar refractivity (Wildman–Crippen MR) is 126 cm³/mol. The molecule has 0 fully saturated rings. The molecule has 4 aromatic rings. The minimum atomic E-state index is -0.762. The monoisotopic (exact) mass is 448 g/mol. The molecule has 0 aliphatic heterocycles. The van der Waals surface area contributed by atoms with Crippen molar-refractivity contribution in [3.63, 3.8) is 0 Å². The smallest absolute Gasteiger partial charge is 0.268 e. The molecule has 7 nitrogen and oxygen atoms in total. The van der Waals surface area contributed by atoms with Gasteiger partial charge in [0.25, 0.3) is 5.91 Å². The molecule has 2 heterocycles. The molecule has 0 saturated carbocycles. The Morgan fingerprint density at radius 2 is 1.94 bits per heavy atom. The van der Waals surface area contributed by atoms with Crippen molar-refractivity contribution >= 4 is 39.2 Å². The van der Waals surface area contributed by atoms with Crippen molar-refractivity contribution in [1.29, 1.82) is 0 Å². The highest BCUT2D eigenvalue weighted by Crippen LogP contribution is 2.24. The summed E-state index contributed by atoms with van der Waals surface area (Å²) in [4.78, 5) is 31.4. The highest BCUT2D eigenvalue weighted by Gasteiger charge is 2.24. The van der Waals surface area contributed by atoms with Gasteiger partial charge in [0.2, 0.25) is 5.91 Å². The number of benzene rings is 2. The third kappa shape index (κ3) is 4.65. The van der Waals surface area contributed by atoms with E-state index in [-0.39, 0.29) is 11.8 Å². The number of nitrogens with zero attached hydrogens (tertiary/aromatic N) is 2. The zero-order chi connectivity index (χ0) is 22.7. The lowest BCUT2D eigenvalue weighted by Crippen LogP contribution is -2.45. The van der Waals surface area contributed by atoms with Crippen LogP contribution in [0.4, 0.5) is 5.13 Å². The lowest BCUT2D eigenvalue weighted by Gasteiger charge is -2.18. The van der Waals surface area contributed by atoms with Crippen LogP contribution in [0.5, 0.6) is 5.75 Å². The SMILES string of the molecule is COc1ccc2c(c1)cc(C(=O)NC(Cc1ccccc1)C(=O)Nc1ncc(C)s1)n2C. The number of anilines is 1. The fraction of sp³-hybridized carbons (Fsp3) is 0.208. The first kappa shape index (κ1) is 21.6. The Bertz CT molecular complexity index is 1260. The largest absolute Gasteiger partial charge is 0.497 e. The van der Waals surface area contributed by atoms with Crippen LogP contribution in [0.15, 0.2) is 60.8 Å². The van der Waals surface area contributed by atoms with Crippen LogP contribution in [-0.4, -0.2) is 34.5 Å². The quantitative estimate of drug-likeness (QED) is 0.449. The van der Waals surface area contributed by atoms with Crippen molar-refractivity contribution in [1.82, 2.24) is 14.9 Å². The molecule has 2 N–H and O–H groups in total. The van der Waals surface area contributed by atoms with E-state index in [0.717, 1.165) is 27.1 Å². The second-order valence-electron chi connectivity index (χ2n) is 7.49. The highest BCUT2D eigenvalue weighted by atomic mass is 32.1. The summed E-state index contributed by atoms with van der Waals surface area (Å²) in [5.74, 6) is 0.0844. The molecule has 0 spiro atoms. The van der Waals surface area contributed by atoms with Gasteiger partial charge in [-0.3, -0.25) is 9.59 Å².